The number of allylic oxidation sites excluding steroid dienone is 1. The first-order chi connectivity index (χ1) is 9.86. The summed E-state index contributed by atoms with van der Waals surface area (Å²) in [6, 6.07) is 0. The molecule has 1 heterocycles. The predicted octanol–water partition coefficient (Wildman–Crippen LogP) is 3.09. The molecule has 0 N–H and O–H groups in total. The van der Waals surface area contributed by atoms with Crippen molar-refractivity contribution in [1.82, 2.24) is 0 Å². The Hall–Kier alpha value is -1.84. The molecule has 1 aliphatic heterocycles. The van der Waals surface area contributed by atoms with Gasteiger partial charge in [0.15, 0.2) is 0 Å². The van der Waals surface area contributed by atoms with E-state index in [-0.39, 0.29) is 30.1 Å². The van der Waals surface area contributed by atoms with Crippen molar-refractivity contribution in [2.75, 3.05) is 0 Å². The first-order valence-electron chi connectivity index (χ1n) is 7.28. The van der Waals surface area contributed by atoms with Gasteiger partial charge in [-0.3, -0.25) is 4.79 Å². The molecule has 4 nitrogen and oxygen atoms in total. The van der Waals surface area contributed by atoms with E-state index in [4.69, 9.17) is 9.47 Å². The number of esters is 2. The summed E-state index contributed by atoms with van der Waals surface area (Å²) in [6.07, 6.45) is 5.73. The molecular formula is C17H22O4. The van der Waals surface area contributed by atoms with Gasteiger partial charge in [0.2, 0.25) is 0 Å². The Balaban J connectivity index is 2.24. The van der Waals surface area contributed by atoms with Crippen molar-refractivity contribution in [2.24, 2.45) is 5.92 Å². The number of hydrogen-bond donors (Lipinski definition) is 0. The molecule has 0 saturated carbocycles. The van der Waals surface area contributed by atoms with Gasteiger partial charge in [0.05, 0.1) is 0 Å². The fourth-order valence-electron chi connectivity index (χ4n) is 2.92. The summed E-state index contributed by atoms with van der Waals surface area (Å²) in [5, 5.41) is 0. The summed E-state index contributed by atoms with van der Waals surface area (Å²) in [4.78, 5) is 22.9. The van der Waals surface area contributed by atoms with Crippen LogP contribution in [0, 0.1) is 5.92 Å². The molecule has 2 rings (SSSR count). The van der Waals surface area contributed by atoms with Crippen LogP contribution in [-0.4, -0.2) is 24.1 Å². The fourth-order valence-corrected chi connectivity index (χ4v) is 2.92. The van der Waals surface area contributed by atoms with Gasteiger partial charge >= 0.3 is 11.9 Å². The maximum absolute atomic E-state index is 11.7. The standard InChI is InChI=1S/C17H22O4/c1-10-5-6-15-12(3)17(19)21-16(15)9-11(2)8-14(7-10)20-13(4)18/h7,9,14-16H,3,5-6,8H2,1-2,4H3/b10-7+,11-9+/t14-,15-,16+/m0/s1. The minimum Gasteiger partial charge on any atom is -0.458 e. The molecular weight excluding hydrogens is 268 g/mol. The third-order valence-electron chi connectivity index (χ3n) is 3.96. The summed E-state index contributed by atoms with van der Waals surface area (Å²) in [7, 11) is 0. The van der Waals surface area contributed by atoms with Crippen LogP contribution in [-0.2, 0) is 19.1 Å². The minimum atomic E-state index is -0.300. The Morgan fingerprint density at radius 2 is 2.05 bits per heavy atom. The molecule has 114 valence electrons. The van der Waals surface area contributed by atoms with Crippen molar-refractivity contribution >= 4 is 11.9 Å². The van der Waals surface area contributed by atoms with Crippen molar-refractivity contribution in [1.29, 1.82) is 0 Å². The van der Waals surface area contributed by atoms with E-state index in [1.807, 2.05) is 26.0 Å². The van der Waals surface area contributed by atoms with E-state index in [0.717, 1.165) is 24.0 Å². The van der Waals surface area contributed by atoms with Crippen LogP contribution in [0.5, 0.6) is 0 Å². The monoisotopic (exact) mass is 290 g/mol. The van der Waals surface area contributed by atoms with Crippen LogP contribution in [0.15, 0.2) is 35.5 Å². The quantitative estimate of drug-likeness (QED) is 0.423. The van der Waals surface area contributed by atoms with E-state index in [0.29, 0.717) is 12.0 Å². The summed E-state index contributed by atoms with van der Waals surface area (Å²) >= 11 is 0. The average molecular weight is 290 g/mol. The molecule has 0 unspecified atom stereocenters. The molecule has 0 aromatic heterocycles. The van der Waals surface area contributed by atoms with Gasteiger partial charge in [0, 0.05) is 24.8 Å². The second-order valence-corrected chi connectivity index (χ2v) is 5.92. The van der Waals surface area contributed by atoms with Crippen LogP contribution in [0.1, 0.15) is 40.0 Å². The molecule has 0 amide bonds. The van der Waals surface area contributed by atoms with E-state index in [1.165, 1.54) is 6.92 Å². The van der Waals surface area contributed by atoms with Crippen molar-refractivity contribution in [2.45, 2.75) is 52.2 Å². The van der Waals surface area contributed by atoms with E-state index in [9.17, 15) is 9.59 Å². The number of ether oxygens (including phenoxy) is 2. The normalized spacial score (nSPS) is 34.9. The number of rotatable bonds is 1. The zero-order valence-electron chi connectivity index (χ0n) is 12.8. The van der Waals surface area contributed by atoms with E-state index >= 15 is 0 Å². The predicted molar refractivity (Wildman–Crippen MR) is 79.4 cm³/mol. The molecule has 0 aromatic rings. The zero-order chi connectivity index (χ0) is 15.6. The van der Waals surface area contributed by atoms with Crippen LogP contribution in [0.25, 0.3) is 0 Å². The second-order valence-electron chi connectivity index (χ2n) is 5.92. The van der Waals surface area contributed by atoms with Crippen molar-refractivity contribution in [3.05, 3.63) is 35.5 Å². The van der Waals surface area contributed by atoms with Gasteiger partial charge in [-0.15, -0.1) is 0 Å². The van der Waals surface area contributed by atoms with Gasteiger partial charge in [0.25, 0.3) is 0 Å². The van der Waals surface area contributed by atoms with Crippen molar-refractivity contribution < 1.29 is 19.1 Å². The van der Waals surface area contributed by atoms with Crippen LogP contribution in [0.2, 0.25) is 0 Å². The van der Waals surface area contributed by atoms with Gasteiger partial charge in [0.1, 0.15) is 12.2 Å². The maximum atomic E-state index is 11.7. The smallest absolute Gasteiger partial charge is 0.334 e. The van der Waals surface area contributed by atoms with E-state index < -0.39 is 0 Å². The molecule has 0 radical (unpaired) electrons. The lowest BCUT2D eigenvalue weighted by Crippen LogP contribution is -2.19. The molecule has 1 fully saturated rings. The Morgan fingerprint density at radius 1 is 1.33 bits per heavy atom. The van der Waals surface area contributed by atoms with Gasteiger partial charge in [-0.05, 0) is 38.8 Å². The summed E-state index contributed by atoms with van der Waals surface area (Å²) < 4.78 is 10.7. The third kappa shape index (κ3) is 3.84. The number of carbonyl (C=O) groups is 2. The van der Waals surface area contributed by atoms with Crippen LogP contribution in [0.3, 0.4) is 0 Å². The highest BCUT2D eigenvalue weighted by Gasteiger charge is 2.37. The van der Waals surface area contributed by atoms with Crippen molar-refractivity contribution in [3.8, 4) is 0 Å². The second kappa shape index (κ2) is 6.29. The molecule has 0 spiro atoms. The first-order valence-corrected chi connectivity index (χ1v) is 7.28. The minimum absolute atomic E-state index is 0.0427. The largest absolute Gasteiger partial charge is 0.458 e. The summed E-state index contributed by atoms with van der Waals surface area (Å²) in [6.45, 7) is 9.26. The Kier molecular flexibility index (Phi) is 4.66. The average Bonchev–Trinajstić information content (AvgIpc) is 2.61. The molecule has 2 aliphatic rings. The van der Waals surface area contributed by atoms with Crippen molar-refractivity contribution in [3.63, 3.8) is 0 Å². The zero-order valence-corrected chi connectivity index (χ0v) is 12.8. The number of fused-ring (bicyclic) bond motifs is 1. The fraction of sp³-hybridized carbons (Fsp3) is 0.529. The Morgan fingerprint density at radius 3 is 2.71 bits per heavy atom. The summed E-state index contributed by atoms with van der Waals surface area (Å²) in [5.74, 6) is -0.542. The molecule has 4 heteroatoms. The highest BCUT2D eigenvalue weighted by atomic mass is 16.6. The maximum Gasteiger partial charge on any atom is 0.334 e. The Bertz CT molecular complexity index is 527. The lowest BCUT2D eigenvalue weighted by molar-refractivity contribution is -0.144. The SMILES string of the molecule is C=C1C(=O)O[C@@H]2/C=C(\C)C[C@@H](OC(C)=O)/C=C(\C)CC[C@@H]12. The third-order valence-corrected chi connectivity index (χ3v) is 3.96. The summed E-state index contributed by atoms with van der Waals surface area (Å²) in [5.41, 5.74) is 2.76. The van der Waals surface area contributed by atoms with E-state index in [1.54, 1.807) is 0 Å². The molecule has 1 saturated heterocycles. The van der Waals surface area contributed by atoms with Crippen LogP contribution >= 0.6 is 0 Å². The molecule has 0 bridgehead atoms. The van der Waals surface area contributed by atoms with Gasteiger partial charge in [-0.1, -0.05) is 17.7 Å². The molecule has 3 atom stereocenters. The molecule has 1 aliphatic carbocycles. The number of hydrogen-bond acceptors (Lipinski definition) is 4. The van der Waals surface area contributed by atoms with Gasteiger partial charge < -0.3 is 9.47 Å². The van der Waals surface area contributed by atoms with Gasteiger partial charge in [-0.25, -0.2) is 4.79 Å². The molecule has 0 aromatic carbocycles. The lowest BCUT2D eigenvalue weighted by Gasteiger charge is -2.20. The lowest BCUT2D eigenvalue weighted by atomic mass is 9.88. The van der Waals surface area contributed by atoms with Gasteiger partial charge in [-0.2, -0.15) is 0 Å². The highest BCUT2D eigenvalue weighted by Crippen LogP contribution is 2.34. The topological polar surface area (TPSA) is 52.6 Å². The highest BCUT2D eigenvalue weighted by molar-refractivity contribution is 5.91. The Labute approximate surface area is 125 Å². The first kappa shape index (κ1) is 15.5. The van der Waals surface area contributed by atoms with Crippen LogP contribution < -0.4 is 0 Å². The van der Waals surface area contributed by atoms with E-state index in [2.05, 4.69) is 6.58 Å². The molecule has 21 heavy (non-hydrogen) atoms. The number of carbonyl (C=O) groups excluding carboxylic acids is 2. The van der Waals surface area contributed by atoms with Crippen LogP contribution in [0.4, 0.5) is 0 Å².